The molecule has 2 fully saturated rings. The number of phosphoric acid groups is 1. The van der Waals surface area contributed by atoms with E-state index < -0.39 is 149 Å². The first-order chi connectivity index (χ1) is 55.2. The van der Waals surface area contributed by atoms with Crippen molar-refractivity contribution in [2.45, 2.75) is 526 Å². The first kappa shape index (κ1) is 107. The van der Waals surface area contributed by atoms with E-state index in [1.165, 1.54) is 128 Å². The van der Waals surface area contributed by atoms with Crippen molar-refractivity contribution in [3.05, 3.63) is 0 Å². The number of amides is 2. The topological polar surface area (TPSA) is 339 Å². The van der Waals surface area contributed by atoms with Gasteiger partial charge in [-0.15, -0.1) is 0 Å². The lowest BCUT2D eigenvalue weighted by molar-refractivity contribution is -0.297. The number of carbonyl (C=O) groups is 6. The van der Waals surface area contributed by atoms with Crippen molar-refractivity contribution >= 4 is 43.5 Å². The molecule has 0 aliphatic carbocycles. The monoisotopic (exact) mass is 1650 g/mol. The van der Waals surface area contributed by atoms with Gasteiger partial charge in [0.05, 0.1) is 32.5 Å². The molecule has 10 unspecified atom stereocenters. The quantitative estimate of drug-likeness (QED) is 0.0121. The van der Waals surface area contributed by atoms with Crippen molar-refractivity contribution in [2.75, 3.05) is 13.2 Å². The zero-order valence-electron chi connectivity index (χ0n) is 72.7. The second-order valence-electron chi connectivity index (χ2n) is 33.3. The zero-order chi connectivity index (χ0) is 83.5. The van der Waals surface area contributed by atoms with Gasteiger partial charge in [-0.05, 0) is 57.8 Å². The Morgan fingerprint density at radius 3 is 0.947 bits per heavy atom. The second kappa shape index (κ2) is 71.4. The summed E-state index contributed by atoms with van der Waals surface area (Å²) < 4.78 is 61.2. The maximum atomic E-state index is 14.9. The Hall–Kier alpha value is -3.35. The number of nitrogens with one attached hydrogen (secondary N) is 2. The number of carbonyl (C=O) groups excluding carboxylic acids is 6. The second-order valence-corrected chi connectivity index (χ2v) is 34.5. The van der Waals surface area contributed by atoms with Crippen LogP contribution in [0.25, 0.3) is 0 Å². The lowest BCUT2D eigenvalue weighted by atomic mass is 9.95. The van der Waals surface area contributed by atoms with E-state index in [9.17, 15) is 63.5 Å². The Labute approximate surface area is 690 Å². The van der Waals surface area contributed by atoms with Crippen LogP contribution in [0.5, 0.6) is 0 Å². The van der Waals surface area contributed by atoms with Gasteiger partial charge in [-0.25, -0.2) is 4.57 Å². The standard InChI is InChI=1S/C90H169N2O21P/c1-7-13-19-25-31-37-43-49-55-61-72(107-79(96)64-58-52-46-40-34-28-22-16-10-4)67-77(94)91-83-86(101)85(100)76(110-89(83)102)71-106-90-84(92-78(95)68-73(62-56-50-44-38-32-26-20-14-8-2)108-80(97)65-59-53-47-41-35-29-23-17-11-5)88(87(75(70-93)111-90)113-114(103,104)105)112-82(99)69-74(63-57-51-45-39-33-27-21-15-9-3)109-81(98)66-60-54-48-42-36-30-24-18-12-6/h72-76,83-90,93,100-102H,7-71H2,1-6H3,(H,91,94)(H,92,95)(H2,103,104,105)/t72-,73-,74-,75?,76?,83?,84?,85?,86?,87?,88?,89?,90?/m1/s1. The van der Waals surface area contributed by atoms with E-state index in [1.54, 1.807) is 0 Å². The number of aliphatic hydroxyl groups excluding tert-OH is 4. The van der Waals surface area contributed by atoms with Gasteiger partial charge in [0, 0.05) is 19.3 Å². The summed E-state index contributed by atoms with van der Waals surface area (Å²) >= 11 is 0. The van der Waals surface area contributed by atoms with Gasteiger partial charge in [0.15, 0.2) is 18.7 Å². The van der Waals surface area contributed by atoms with Gasteiger partial charge in [0.2, 0.25) is 11.8 Å². The molecule has 2 heterocycles. The van der Waals surface area contributed by atoms with Crippen LogP contribution in [0.4, 0.5) is 0 Å². The van der Waals surface area contributed by atoms with Gasteiger partial charge >= 0.3 is 31.7 Å². The number of esters is 4. The Bertz CT molecular complexity index is 2410. The number of unbranched alkanes of at least 4 members (excludes halogenated alkanes) is 48. The van der Waals surface area contributed by atoms with Crippen LogP contribution in [0, 0.1) is 0 Å². The number of hydrogen-bond acceptors (Lipinski definition) is 19. The SMILES string of the molecule is CCCCCCCCCCCC(=O)O[C@H](CCCCCCCCCCC)CC(=O)NC1C(O)OC(COC2OC(CO)C(OP(=O)(O)O)C(OC(=O)C[C@@H](CCCCCCCCCCC)OC(=O)CCCCCCCCCCC)C2NC(=O)C[C@@H](CCCCCCCCCCC)OC(=O)CCCCCCCCCCC)C(O)C1O. The summed E-state index contributed by atoms with van der Waals surface area (Å²) in [5.41, 5.74) is 0. The van der Waals surface area contributed by atoms with Crippen LogP contribution in [-0.4, -0.2) is 159 Å². The zero-order valence-corrected chi connectivity index (χ0v) is 73.6. The molecule has 0 spiro atoms. The molecule has 2 aliphatic heterocycles. The molecule has 2 aliphatic rings. The fraction of sp³-hybridized carbons (Fsp3) is 0.933. The van der Waals surface area contributed by atoms with Gasteiger partial charge in [0.1, 0.15) is 60.9 Å². The average molecular weight is 1650 g/mol. The van der Waals surface area contributed by atoms with Crippen LogP contribution in [0.3, 0.4) is 0 Å². The van der Waals surface area contributed by atoms with Gasteiger partial charge in [-0.1, -0.05) is 350 Å². The number of phosphoric ester groups is 1. The predicted molar refractivity (Wildman–Crippen MR) is 450 cm³/mol. The summed E-state index contributed by atoms with van der Waals surface area (Å²) in [7, 11) is -5.58. The normalized spacial score (nSPS) is 20.6. The van der Waals surface area contributed by atoms with Crippen LogP contribution < -0.4 is 10.6 Å². The van der Waals surface area contributed by atoms with Crippen molar-refractivity contribution < 1.29 is 101 Å². The summed E-state index contributed by atoms with van der Waals surface area (Å²) in [6.45, 7) is 11.3. The third-order valence-electron chi connectivity index (χ3n) is 22.6. The van der Waals surface area contributed by atoms with Gasteiger partial charge in [-0.2, -0.15) is 0 Å². The van der Waals surface area contributed by atoms with Crippen molar-refractivity contribution in [1.29, 1.82) is 0 Å². The van der Waals surface area contributed by atoms with E-state index in [0.717, 1.165) is 180 Å². The molecule has 13 atom stereocenters. The molecular formula is C90H169N2O21P. The summed E-state index contributed by atoms with van der Waals surface area (Å²) in [4.78, 5) is 106. The van der Waals surface area contributed by atoms with E-state index in [4.69, 9.17) is 37.7 Å². The summed E-state index contributed by atoms with van der Waals surface area (Å²) in [5, 5.41) is 51.6. The lowest BCUT2D eigenvalue weighted by Crippen LogP contribution is -2.67. The molecule has 2 amide bonds. The minimum absolute atomic E-state index is 0.123. The molecule has 0 saturated carbocycles. The Morgan fingerprint density at radius 2 is 0.640 bits per heavy atom. The summed E-state index contributed by atoms with van der Waals surface area (Å²) in [6.07, 6.45) is 38.8. The van der Waals surface area contributed by atoms with Crippen LogP contribution in [0.15, 0.2) is 0 Å². The highest BCUT2D eigenvalue weighted by Gasteiger charge is 2.53. The highest BCUT2D eigenvalue weighted by molar-refractivity contribution is 7.46. The maximum Gasteiger partial charge on any atom is 0.470 e. The van der Waals surface area contributed by atoms with Crippen LogP contribution in [0.1, 0.15) is 446 Å². The molecule has 0 aromatic heterocycles. The minimum Gasteiger partial charge on any atom is -0.462 e. The molecule has 670 valence electrons. The molecule has 114 heavy (non-hydrogen) atoms. The third kappa shape index (κ3) is 55.5. The van der Waals surface area contributed by atoms with E-state index in [2.05, 4.69) is 52.2 Å². The molecule has 2 saturated heterocycles. The highest BCUT2D eigenvalue weighted by Crippen LogP contribution is 2.43. The highest BCUT2D eigenvalue weighted by atomic mass is 31.2. The fourth-order valence-corrected chi connectivity index (χ4v) is 16.2. The van der Waals surface area contributed by atoms with Gasteiger partial charge in [-0.3, -0.25) is 33.3 Å². The molecular weight excluding hydrogens is 1480 g/mol. The smallest absolute Gasteiger partial charge is 0.462 e. The third-order valence-corrected chi connectivity index (χ3v) is 23.1. The summed E-state index contributed by atoms with van der Waals surface area (Å²) in [6, 6.07) is -3.37. The molecule has 0 bridgehead atoms. The molecule has 0 aromatic carbocycles. The predicted octanol–water partition coefficient (Wildman–Crippen LogP) is 19.9. The first-order valence-electron chi connectivity index (χ1n) is 46.9. The number of rotatable bonds is 78. The number of hydrogen-bond donors (Lipinski definition) is 8. The minimum atomic E-state index is -5.58. The Balaban J connectivity index is 2.59. The van der Waals surface area contributed by atoms with Crippen molar-refractivity contribution in [1.82, 2.24) is 10.6 Å². The molecule has 24 heteroatoms. The largest absolute Gasteiger partial charge is 0.470 e. The van der Waals surface area contributed by atoms with Crippen molar-refractivity contribution in [2.24, 2.45) is 0 Å². The van der Waals surface area contributed by atoms with Gasteiger partial charge < -0.3 is 74.0 Å². The Morgan fingerprint density at radius 1 is 0.351 bits per heavy atom. The van der Waals surface area contributed by atoms with Crippen LogP contribution >= 0.6 is 7.82 Å². The van der Waals surface area contributed by atoms with Gasteiger partial charge in [0.25, 0.3) is 0 Å². The van der Waals surface area contributed by atoms with Crippen LogP contribution in [0.2, 0.25) is 0 Å². The first-order valence-corrected chi connectivity index (χ1v) is 48.4. The lowest BCUT2D eigenvalue weighted by Gasteiger charge is -2.46. The molecule has 2 rings (SSSR count). The number of aliphatic hydroxyl groups is 4. The molecule has 8 N–H and O–H groups in total. The molecule has 0 radical (unpaired) electrons. The van der Waals surface area contributed by atoms with E-state index in [1.807, 2.05) is 0 Å². The molecule has 0 aromatic rings. The van der Waals surface area contributed by atoms with Crippen LogP contribution in [-0.2, 0) is 71.0 Å². The maximum absolute atomic E-state index is 14.9. The summed E-state index contributed by atoms with van der Waals surface area (Å²) in [5.74, 6) is -3.86. The number of ether oxygens (including phenoxy) is 7. The molecule has 23 nitrogen and oxygen atoms in total. The van der Waals surface area contributed by atoms with E-state index in [-0.39, 0.29) is 32.1 Å². The fourth-order valence-electron chi connectivity index (χ4n) is 15.6. The van der Waals surface area contributed by atoms with E-state index >= 15 is 0 Å². The van der Waals surface area contributed by atoms with Crippen molar-refractivity contribution in [3.8, 4) is 0 Å². The van der Waals surface area contributed by atoms with Crippen molar-refractivity contribution in [3.63, 3.8) is 0 Å². The average Bonchev–Trinajstić information content (AvgIpc) is 0.787. The van der Waals surface area contributed by atoms with E-state index in [0.29, 0.717) is 51.4 Å². The Kier molecular flexibility index (Phi) is 66.8.